The summed E-state index contributed by atoms with van der Waals surface area (Å²) in [4.78, 5) is 22.8. The van der Waals surface area contributed by atoms with E-state index in [4.69, 9.17) is 9.84 Å². The van der Waals surface area contributed by atoms with E-state index in [1.54, 1.807) is 7.11 Å². The number of amides is 2. The maximum Gasteiger partial charge on any atom is 0.326 e. The summed E-state index contributed by atoms with van der Waals surface area (Å²) >= 11 is 0. The molecule has 1 atom stereocenters. The van der Waals surface area contributed by atoms with Crippen LogP contribution in [0.2, 0.25) is 0 Å². The number of benzene rings is 1. The van der Waals surface area contributed by atoms with Crippen LogP contribution >= 0.6 is 0 Å². The van der Waals surface area contributed by atoms with Gasteiger partial charge in [0.15, 0.2) is 0 Å². The molecule has 1 aromatic carbocycles. The molecule has 0 aliphatic heterocycles. The van der Waals surface area contributed by atoms with Crippen molar-refractivity contribution in [2.24, 2.45) is 0 Å². The van der Waals surface area contributed by atoms with Crippen LogP contribution in [0.15, 0.2) is 24.3 Å². The summed E-state index contributed by atoms with van der Waals surface area (Å²) in [6, 6.07) is 6.31. The van der Waals surface area contributed by atoms with Gasteiger partial charge in [-0.3, -0.25) is 0 Å². The Bertz CT molecular complexity index is 476. The maximum absolute atomic E-state index is 11.8. The highest BCUT2D eigenvalue weighted by atomic mass is 16.5. The van der Waals surface area contributed by atoms with Gasteiger partial charge in [-0.1, -0.05) is 24.3 Å². The number of methoxy groups -OCH3 is 1. The molecular formula is C15H22N2O4. The van der Waals surface area contributed by atoms with Crippen LogP contribution in [-0.2, 0) is 16.1 Å². The number of ether oxygens (including phenoxy) is 1. The third-order valence-corrected chi connectivity index (χ3v) is 3.15. The molecular weight excluding hydrogens is 272 g/mol. The number of hydrogen-bond donors (Lipinski definition) is 3. The smallest absolute Gasteiger partial charge is 0.326 e. The number of urea groups is 1. The number of carboxylic acids is 1. The number of rotatable bonds is 8. The van der Waals surface area contributed by atoms with Crippen molar-refractivity contribution in [2.75, 3.05) is 13.7 Å². The van der Waals surface area contributed by atoms with E-state index in [0.717, 1.165) is 11.1 Å². The first kappa shape index (κ1) is 17.0. The molecule has 0 aliphatic carbocycles. The zero-order valence-corrected chi connectivity index (χ0v) is 12.4. The Morgan fingerprint density at radius 1 is 1.33 bits per heavy atom. The van der Waals surface area contributed by atoms with Gasteiger partial charge in [0.05, 0.1) is 0 Å². The minimum absolute atomic E-state index is 0.334. The minimum atomic E-state index is -1.04. The summed E-state index contributed by atoms with van der Waals surface area (Å²) in [7, 11) is 1.55. The number of carbonyl (C=O) groups is 2. The van der Waals surface area contributed by atoms with Gasteiger partial charge in [0.25, 0.3) is 0 Å². The zero-order valence-electron chi connectivity index (χ0n) is 12.4. The molecule has 0 aliphatic rings. The lowest BCUT2D eigenvalue weighted by Gasteiger charge is -2.15. The summed E-state index contributed by atoms with van der Waals surface area (Å²) in [6.07, 6.45) is 0.909. The summed E-state index contributed by atoms with van der Waals surface area (Å²) in [5.74, 6) is -1.04. The van der Waals surface area contributed by atoms with Crippen LogP contribution in [0.25, 0.3) is 0 Å². The second-order valence-electron chi connectivity index (χ2n) is 4.78. The van der Waals surface area contributed by atoms with E-state index in [1.165, 1.54) is 0 Å². The van der Waals surface area contributed by atoms with Crippen molar-refractivity contribution in [2.45, 2.75) is 32.4 Å². The molecule has 21 heavy (non-hydrogen) atoms. The van der Waals surface area contributed by atoms with E-state index in [0.29, 0.717) is 26.0 Å². The lowest BCUT2D eigenvalue weighted by molar-refractivity contribution is -0.139. The van der Waals surface area contributed by atoms with Crippen molar-refractivity contribution in [3.05, 3.63) is 35.4 Å². The predicted octanol–water partition coefficient (Wildman–Crippen LogP) is 1.67. The van der Waals surface area contributed by atoms with Gasteiger partial charge in [0.2, 0.25) is 0 Å². The highest BCUT2D eigenvalue weighted by Gasteiger charge is 2.19. The van der Waals surface area contributed by atoms with E-state index < -0.39 is 18.0 Å². The van der Waals surface area contributed by atoms with E-state index in [1.807, 2.05) is 31.2 Å². The molecule has 1 unspecified atom stereocenters. The van der Waals surface area contributed by atoms with Crippen LogP contribution in [-0.4, -0.2) is 36.9 Å². The number of hydrogen-bond acceptors (Lipinski definition) is 3. The Labute approximate surface area is 124 Å². The Morgan fingerprint density at radius 2 is 2.05 bits per heavy atom. The quantitative estimate of drug-likeness (QED) is 0.636. The first-order valence-corrected chi connectivity index (χ1v) is 6.85. The van der Waals surface area contributed by atoms with E-state index >= 15 is 0 Å². The van der Waals surface area contributed by atoms with Gasteiger partial charge in [-0.15, -0.1) is 0 Å². The molecule has 0 radical (unpaired) electrons. The van der Waals surface area contributed by atoms with Gasteiger partial charge in [-0.2, -0.15) is 0 Å². The van der Waals surface area contributed by atoms with Crippen molar-refractivity contribution in [1.29, 1.82) is 0 Å². The summed E-state index contributed by atoms with van der Waals surface area (Å²) in [5, 5.41) is 14.2. The average molecular weight is 294 g/mol. The molecule has 3 N–H and O–H groups in total. The number of carbonyl (C=O) groups excluding carboxylic acids is 1. The van der Waals surface area contributed by atoms with Crippen LogP contribution in [0.4, 0.5) is 4.79 Å². The summed E-state index contributed by atoms with van der Waals surface area (Å²) in [5.41, 5.74) is 2.08. The molecule has 0 bridgehead atoms. The monoisotopic (exact) mass is 294 g/mol. The lowest BCUT2D eigenvalue weighted by atomic mass is 10.1. The lowest BCUT2D eigenvalue weighted by Crippen LogP contribution is -2.45. The normalized spacial score (nSPS) is 11.7. The van der Waals surface area contributed by atoms with Gasteiger partial charge in [0.1, 0.15) is 6.04 Å². The van der Waals surface area contributed by atoms with Gasteiger partial charge in [0, 0.05) is 20.3 Å². The van der Waals surface area contributed by atoms with Crippen molar-refractivity contribution >= 4 is 12.0 Å². The third-order valence-electron chi connectivity index (χ3n) is 3.15. The Morgan fingerprint density at radius 3 is 2.67 bits per heavy atom. The van der Waals surface area contributed by atoms with Crippen molar-refractivity contribution in [1.82, 2.24) is 10.6 Å². The minimum Gasteiger partial charge on any atom is -0.480 e. The van der Waals surface area contributed by atoms with E-state index in [-0.39, 0.29) is 0 Å². The topological polar surface area (TPSA) is 87.7 Å². The van der Waals surface area contributed by atoms with Crippen LogP contribution in [0.5, 0.6) is 0 Å². The van der Waals surface area contributed by atoms with Crippen LogP contribution in [0.1, 0.15) is 24.0 Å². The second-order valence-corrected chi connectivity index (χ2v) is 4.78. The molecule has 0 aromatic heterocycles. The molecule has 116 valence electrons. The van der Waals surface area contributed by atoms with Crippen molar-refractivity contribution in [3.8, 4) is 0 Å². The highest BCUT2D eigenvalue weighted by molar-refractivity contribution is 5.82. The molecule has 1 aromatic rings. The molecule has 0 heterocycles. The average Bonchev–Trinajstić information content (AvgIpc) is 2.45. The summed E-state index contributed by atoms with van der Waals surface area (Å²) in [6.45, 7) is 2.79. The molecule has 6 nitrogen and oxygen atoms in total. The summed E-state index contributed by atoms with van der Waals surface area (Å²) < 4.78 is 4.87. The molecule has 0 saturated heterocycles. The molecule has 0 fully saturated rings. The van der Waals surface area contributed by atoms with Crippen molar-refractivity contribution in [3.63, 3.8) is 0 Å². The SMILES string of the molecule is COCCCC(NC(=O)NCc1ccccc1C)C(=O)O. The standard InChI is InChI=1S/C15H22N2O4/c1-11-6-3-4-7-12(11)10-16-15(20)17-13(14(18)19)8-5-9-21-2/h3-4,6-7,13H,5,8-10H2,1-2H3,(H,18,19)(H2,16,17,20). The van der Waals surface area contributed by atoms with Crippen LogP contribution in [0, 0.1) is 6.92 Å². The zero-order chi connectivity index (χ0) is 15.7. The van der Waals surface area contributed by atoms with Crippen molar-refractivity contribution < 1.29 is 19.4 Å². The van der Waals surface area contributed by atoms with Gasteiger partial charge < -0.3 is 20.5 Å². The molecule has 0 saturated carbocycles. The second kappa shape index (κ2) is 8.97. The van der Waals surface area contributed by atoms with Crippen LogP contribution < -0.4 is 10.6 Å². The molecule has 6 heteroatoms. The van der Waals surface area contributed by atoms with Gasteiger partial charge >= 0.3 is 12.0 Å². The largest absolute Gasteiger partial charge is 0.480 e. The third kappa shape index (κ3) is 6.27. The number of nitrogens with one attached hydrogen (secondary N) is 2. The molecule has 0 spiro atoms. The fourth-order valence-electron chi connectivity index (χ4n) is 1.88. The predicted molar refractivity (Wildman–Crippen MR) is 79.1 cm³/mol. The maximum atomic E-state index is 11.8. The Kier molecular flexibility index (Phi) is 7.25. The molecule has 1 rings (SSSR count). The Balaban J connectivity index is 2.43. The molecule has 2 amide bonds. The number of aryl methyl sites for hydroxylation is 1. The number of carboxylic acid groups (broad SMARTS) is 1. The number of aliphatic carboxylic acids is 1. The van der Waals surface area contributed by atoms with Crippen LogP contribution in [0.3, 0.4) is 0 Å². The first-order chi connectivity index (χ1) is 10.0. The highest BCUT2D eigenvalue weighted by Crippen LogP contribution is 2.06. The van der Waals surface area contributed by atoms with E-state index in [2.05, 4.69) is 10.6 Å². The Hall–Kier alpha value is -2.08. The van der Waals surface area contributed by atoms with Gasteiger partial charge in [-0.25, -0.2) is 9.59 Å². The van der Waals surface area contributed by atoms with E-state index in [9.17, 15) is 9.59 Å². The van der Waals surface area contributed by atoms with Gasteiger partial charge in [-0.05, 0) is 30.9 Å². The fourth-order valence-corrected chi connectivity index (χ4v) is 1.88. The first-order valence-electron chi connectivity index (χ1n) is 6.85. The fraction of sp³-hybridized carbons (Fsp3) is 0.467.